The molecule has 0 aromatic rings. The van der Waals surface area contributed by atoms with Gasteiger partial charge in [-0.25, -0.2) is 4.79 Å². The van der Waals surface area contributed by atoms with Gasteiger partial charge in [-0.3, -0.25) is 0 Å². The van der Waals surface area contributed by atoms with Gasteiger partial charge in [0.25, 0.3) is 0 Å². The average Bonchev–Trinajstić information content (AvgIpc) is 2.35. The Kier molecular flexibility index (Phi) is 4.82. The number of nitrogens with zero attached hydrogens (tertiary/aromatic N) is 2. The van der Waals surface area contributed by atoms with Gasteiger partial charge in [-0.05, 0) is 18.6 Å². The van der Waals surface area contributed by atoms with Gasteiger partial charge in [0.1, 0.15) is 0 Å². The Hall–Kier alpha value is -1.71. The van der Waals surface area contributed by atoms with Gasteiger partial charge in [0.05, 0.1) is 0 Å². The molecule has 17 heavy (non-hydrogen) atoms. The number of carbonyl (C=O) groups excluding carboxylic acids is 1. The summed E-state index contributed by atoms with van der Waals surface area (Å²) in [4.78, 5) is 15.5. The minimum Gasteiger partial charge on any atom is -0.368 e. The van der Waals surface area contributed by atoms with Gasteiger partial charge in [-0.15, -0.1) is 0 Å². The molecule has 2 amide bonds. The molecule has 0 aliphatic carbocycles. The number of rotatable bonds is 3. The van der Waals surface area contributed by atoms with Crippen LogP contribution in [0.2, 0.25) is 0 Å². The summed E-state index contributed by atoms with van der Waals surface area (Å²) in [6, 6.07) is -0.00535. The van der Waals surface area contributed by atoms with Gasteiger partial charge in [0, 0.05) is 38.9 Å². The lowest BCUT2D eigenvalue weighted by Crippen LogP contribution is -2.50. The van der Waals surface area contributed by atoms with Crippen LogP contribution < -0.4 is 5.32 Å². The van der Waals surface area contributed by atoms with E-state index in [-0.39, 0.29) is 6.03 Å². The van der Waals surface area contributed by atoms with Crippen molar-refractivity contribution in [3.8, 4) is 0 Å². The molecule has 0 spiro atoms. The lowest BCUT2D eigenvalue weighted by molar-refractivity contribution is 0.160. The molecular formula is C13H21N3O. The van der Waals surface area contributed by atoms with Crippen molar-refractivity contribution in [3.05, 3.63) is 36.6 Å². The Morgan fingerprint density at radius 1 is 1.24 bits per heavy atom. The fourth-order valence-electron chi connectivity index (χ4n) is 1.94. The van der Waals surface area contributed by atoms with Crippen LogP contribution in [0.3, 0.4) is 0 Å². The van der Waals surface area contributed by atoms with E-state index in [4.69, 9.17) is 0 Å². The first kappa shape index (κ1) is 13.4. The maximum atomic E-state index is 11.5. The average molecular weight is 235 g/mol. The molecule has 1 rings (SSSR count). The number of allylic oxidation sites excluding steroid dienone is 3. The van der Waals surface area contributed by atoms with Gasteiger partial charge in [0.15, 0.2) is 0 Å². The van der Waals surface area contributed by atoms with E-state index in [0.29, 0.717) is 0 Å². The van der Waals surface area contributed by atoms with E-state index in [2.05, 4.69) is 23.4 Å². The fraction of sp³-hybridized carbons (Fsp3) is 0.462. The van der Waals surface area contributed by atoms with Crippen LogP contribution in [-0.2, 0) is 0 Å². The summed E-state index contributed by atoms with van der Waals surface area (Å²) in [6.07, 6.45) is 3.74. The zero-order valence-corrected chi connectivity index (χ0v) is 10.7. The zero-order valence-electron chi connectivity index (χ0n) is 10.7. The Bertz CT molecular complexity index is 339. The molecular weight excluding hydrogens is 214 g/mol. The molecule has 0 unspecified atom stereocenters. The van der Waals surface area contributed by atoms with Crippen molar-refractivity contribution in [1.29, 1.82) is 0 Å². The van der Waals surface area contributed by atoms with E-state index in [9.17, 15) is 4.79 Å². The van der Waals surface area contributed by atoms with E-state index >= 15 is 0 Å². The van der Waals surface area contributed by atoms with E-state index in [1.165, 1.54) is 0 Å². The first-order valence-corrected chi connectivity index (χ1v) is 5.80. The smallest absolute Gasteiger partial charge is 0.317 e. The van der Waals surface area contributed by atoms with Crippen molar-refractivity contribution >= 4 is 6.03 Å². The SMILES string of the molecule is C=C/C=C(\C(=C)C)N1CCN(C(=O)NC)CC1. The quantitative estimate of drug-likeness (QED) is 0.754. The number of amides is 2. The molecule has 0 radical (unpaired) electrons. The van der Waals surface area contributed by atoms with Crippen molar-refractivity contribution in [2.45, 2.75) is 6.92 Å². The highest BCUT2D eigenvalue weighted by atomic mass is 16.2. The molecule has 0 aromatic heterocycles. The summed E-state index contributed by atoms with van der Waals surface area (Å²) >= 11 is 0. The maximum absolute atomic E-state index is 11.5. The van der Waals surface area contributed by atoms with Gasteiger partial charge in [-0.2, -0.15) is 0 Å². The van der Waals surface area contributed by atoms with Gasteiger partial charge in [-0.1, -0.05) is 19.2 Å². The Labute approximate surface area is 103 Å². The fourth-order valence-corrected chi connectivity index (χ4v) is 1.94. The lowest BCUT2D eigenvalue weighted by Gasteiger charge is -2.37. The minimum atomic E-state index is -0.00535. The highest BCUT2D eigenvalue weighted by Crippen LogP contribution is 2.16. The summed E-state index contributed by atoms with van der Waals surface area (Å²) in [7, 11) is 1.66. The van der Waals surface area contributed by atoms with Crippen LogP contribution >= 0.6 is 0 Å². The van der Waals surface area contributed by atoms with E-state index < -0.39 is 0 Å². The molecule has 1 saturated heterocycles. The molecule has 0 aromatic carbocycles. The maximum Gasteiger partial charge on any atom is 0.317 e. The third-order valence-corrected chi connectivity index (χ3v) is 2.83. The normalized spacial score (nSPS) is 16.7. The molecule has 4 nitrogen and oxygen atoms in total. The first-order chi connectivity index (χ1) is 8.10. The number of urea groups is 1. The second kappa shape index (κ2) is 6.13. The largest absolute Gasteiger partial charge is 0.368 e. The van der Waals surface area contributed by atoms with Crippen LogP contribution in [-0.4, -0.2) is 49.1 Å². The summed E-state index contributed by atoms with van der Waals surface area (Å²) in [5, 5.41) is 2.65. The summed E-state index contributed by atoms with van der Waals surface area (Å²) in [5.41, 5.74) is 2.13. The highest BCUT2D eigenvalue weighted by Gasteiger charge is 2.21. The number of hydrogen-bond acceptors (Lipinski definition) is 2. The highest BCUT2D eigenvalue weighted by molar-refractivity contribution is 5.73. The number of piperazine rings is 1. The number of hydrogen-bond donors (Lipinski definition) is 1. The molecule has 0 bridgehead atoms. The van der Waals surface area contributed by atoms with E-state index in [0.717, 1.165) is 37.4 Å². The van der Waals surface area contributed by atoms with Crippen molar-refractivity contribution in [2.24, 2.45) is 0 Å². The Morgan fingerprint density at radius 2 is 1.76 bits per heavy atom. The predicted molar refractivity (Wildman–Crippen MR) is 70.7 cm³/mol. The number of carbonyl (C=O) groups is 1. The van der Waals surface area contributed by atoms with E-state index in [1.807, 2.05) is 17.9 Å². The molecule has 0 saturated carbocycles. The van der Waals surface area contributed by atoms with Crippen molar-refractivity contribution in [3.63, 3.8) is 0 Å². The van der Waals surface area contributed by atoms with E-state index in [1.54, 1.807) is 13.1 Å². The van der Waals surface area contributed by atoms with Crippen molar-refractivity contribution < 1.29 is 4.79 Å². The van der Waals surface area contributed by atoms with Crippen LogP contribution in [0.15, 0.2) is 36.6 Å². The zero-order chi connectivity index (χ0) is 12.8. The molecule has 1 N–H and O–H groups in total. The van der Waals surface area contributed by atoms with Crippen LogP contribution in [0.25, 0.3) is 0 Å². The molecule has 1 heterocycles. The summed E-state index contributed by atoms with van der Waals surface area (Å²) in [6.45, 7) is 12.8. The number of nitrogens with one attached hydrogen (secondary N) is 1. The monoisotopic (exact) mass is 235 g/mol. The third kappa shape index (κ3) is 3.37. The second-order valence-corrected chi connectivity index (χ2v) is 4.10. The molecule has 94 valence electrons. The molecule has 1 fully saturated rings. The Morgan fingerprint density at radius 3 is 2.18 bits per heavy atom. The van der Waals surface area contributed by atoms with Gasteiger partial charge >= 0.3 is 6.03 Å². The Balaban J connectivity index is 2.62. The first-order valence-electron chi connectivity index (χ1n) is 5.80. The predicted octanol–water partition coefficient (Wildman–Crippen LogP) is 1.59. The lowest BCUT2D eigenvalue weighted by atomic mass is 10.1. The molecule has 4 heteroatoms. The molecule has 0 atom stereocenters. The summed E-state index contributed by atoms with van der Waals surface area (Å²) < 4.78 is 0. The minimum absolute atomic E-state index is 0.00535. The van der Waals surface area contributed by atoms with Crippen LogP contribution in [0.5, 0.6) is 0 Å². The van der Waals surface area contributed by atoms with Gasteiger partial charge < -0.3 is 15.1 Å². The molecule has 1 aliphatic rings. The molecule has 1 aliphatic heterocycles. The van der Waals surface area contributed by atoms with Crippen molar-refractivity contribution in [2.75, 3.05) is 33.2 Å². The van der Waals surface area contributed by atoms with Crippen LogP contribution in [0.4, 0.5) is 4.79 Å². The van der Waals surface area contributed by atoms with Gasteiger partial charge in [0.2, 0.25) is 0 Å². The third-order valence-electron chi connectivity index (χ3n) is 2.83. The van der Waals surface area contributed by atoms with Crippen LogP contribution in [0.1, 0.15) is 6.92 Å². The van der Waals surface area contributed by atoms with Crippen molar-refractivity contribution in [1.82, 2.24) is 15.1 Å². The second-order valence-electron chi connectivity index (χ2n) is 4.10. The topological polar surface area (TPSA) is 35.6 Å². The van der Waals surface area contributed by atoms with Crippen LogP contribution in [0, 0.1) is 0 Å². The summed E-state index contributed by atoms with van der Waals surface area (Å²) in [5.74, 6) is 0. The standard InChI is InChI=1S/C13H21N3O/c1-5-6-12(11(2)3)15-7-9-16(10-8-15)13(17)14-4/h5-6H,1-2,7-10H2,3-4H3,(H,14,17)/b12-6+.